The van der Waals surface area contributed by atoms with Crippen LogP contribution in [0.15, 0.2) is 174 Å². The maximum atomic E-state index is 6.27. The van der Waals surface area contributed by atoms with Gasteiger partial charge in [-0.3, -0.25) is 0 Å². The maximum absolute atomic E-state index is 6.27. The molecule has 7 aromatic carbocycles. The molecule has 0 aliphatic carbocycles. The van der Waals surface area contributed by atoms with Gasteiger partial charge in [-0.2, -0.15) is 0 Å². The average Bonchev–Trinajstić information content (AvgIpc) is 3.65. The fourth-order valence-electron chi connectivity index (χ4n) is 6.78. The third-order valence-electron chi connectivity index (χ3n) is 8.76. The van der Waals surface area contributed by atoms with Gasteiger partial charge in [0.15, 0.2) is 0 Å². The number of anilines is 3. The predicted octanol–water partition coefficient (Wildman–Crippen LogP) is 11.8. The Bertz CT molecular complexity index is 2450. The van der Waals surface area contributed by atoms with Crippen molar-refractivity contribution in [2.75, 3.05) is 4.90 Å². The Kier molecular flexibility index (Phi) is 5.82. The smallest absolute Gasteiger partial charge is 0.137 e. The first-order valence-corrected chi connectivity index (χ1v) is 15.3. The lowest BCUT2D eigenvalue weighted by atomic mass is 10.0. The molecule has 45 heavy (non-hydrogen) atoms. The number of para-hydroxylation sites is 4. The Balaban J connectivity index is 1.23. The molecule has 0 spiro atoms. The van der Waals surface area contributed by atoms with E-state index in [0.717, 1.165) is 44.7 Å². The van der Waals surface area contributed by atoms with Crippen LogP contribution in [0.1, 0.15) is 0 Å². The van der Waals surface area contributed by atoms with Crippen LogP contribution in [0.4, 0.5) is 17.1 Å². The molecule has 0 unspecified atom stereocenters. The molecule has 3 heteroatoms. The number of hydrogen-bond acceptors (Lipinski definition) is 2. The van der Waals surface area contributed by atoms with Gasteiger partial charge in [-0.15, -0.1) is 0 Å². The Morgan fingerprint density at radius 3 is 1.80 bits per heavy atom. The minimum Gasteiger partial charge on any atom is -0.456 e. The number of fused-ring (bicyclic) bond motifs is 6. The molecule has 0 aliphatic heterocycles. The normalized spacial score (nSPS) is 11.6. The standard InChI is InChI=1S/C42H28N2O/c1-3-14-31(15-4-1)43(32-16-5-2-6-17-32)33-18-11-13-29(27-33)30-25-26-38-36(28-30)34-19-7-9-21-37(34)44(38)39-22-12-24-41-42(39)35-20-8-10-23-40(35)45-41/h1-28H. The zero-order chi connectivity index (χ0) is 29.7. The first-order valence-electron chi connectivity index (χ1n) is 15.3. The van der Waals surface area contributed by atoms with Gasteiger partial charge in [0.1, 0.15) is 11.2 Å². The largest absolute Gasteiger partial charge is 0.456 e. The lowest BCUT2D eigenvalue weighted by Gasteiger charge is -2.26. The molecular weight excluding hydrogens is 548 g/mol. The number of benzene rings is 7. The summed E-state index contributed by atoms with van der Waals surface area (Å²) in [5, 5.41) is 4.71. The zero-order valence-corrected chi connectivity index (χ0v) is 24.5. The second-order valence-corrected chi connectivity index (χ2v) is 11.4. The van der Waals surface area contributed by atoms with Crippen LogP contribution >= 0.6 is 0 Å². The third-order valence-corrected chi connectivity index (χ3v) is 8.76. The van der Waals surface area contributed by atoms with E-state index < -0.39 is 0 Å². The van der Waals surface area contributed by atoms with Gasteiger partial charge in [-0.05, 0) is 83.9 Å². The molecule has 2 aromatic heterocycles. The monoisotopic (exact) mass is 576 g/mol. The van der Waals surface area contributed by atoms with Gasteiger partial charge >= 0.3 is 0 Å². The molecule has 9 rings (SSSR count). The van der Waals surface area contributed by atoms with Crippen LogP contribution in [0.3, 0.4) is 0 Å². The minimum absolute atomic E-state index is 0.898. The van der Waals surface area contributed by atoms with E-state index in [9.17, 15) is 0 Å². The molecule has 0 fully saturated rings. The summed E-state index contributed by atoms with van der Waals surface area (Å²) in [6.45, 7) is 0. The number of aromatic nitrogens is 1. The zero-order valence-electron chi connectivity index (χ0n) is 24.5. The van der Waals surface area contributed by atoms with Crippen LogP contribution in [-0.4, -0.2) is 4.57 Å². The Hall–Kier alpha value is -6.06. The van der Waals surface area contributed by atoms with Crippen LogP contribution in [0.5, 0.6) is 0 Å². The Morgan fingerprint density at radius 2 is 1.00 bits per heavy atom. The summed E-state index contributed by atoms with van der Waals surface area (Å²) < 4.78 is 8.66. The highest BCUT2D eigenvalue weighted by Gasteiger charge is 2.18. The second-order valence-electron chi connectivity index (χ2n) is 11.4. The first kappa shape index (κ1) is 25.4. The van der Waals surface area contributed by atoms with Crippen molar-refractivity contribution in [1.82, 2.24) is 4.57 Å². The summed E-state index contributed by atoms with van der Waals surface area (Å²) in [7, 11) is 0. The van der Waals surface area contributed by atoms with Gasteiger partial charge < -0.3 is 13.9 Å². The van der Waals surface area contributed by atoms with E-state index >= 15 is 0 Å². The fourth-order valence-corrected chi connectivity index (χ4v) is 6.78. The van der Waals surface area contributed by atoms with Crippen molar-refractivity contribution in [3.8, 4) is 16.8 Å². The van der Waals surface area contributed by atoms with Crippen molar-refractivity contribution in [1.29, 1.82) is 0 Å². The highest BCUT2D eigenvalue weighted by atomic mass is 16.3. The molecule has 0 amide bonds. The maximum Gasteiger partial charge on any atom is 0.137 e. The molecule has 0 saturated heterocycles. The Labute approximate surface area is 260 Å². The van der Waals surface area contributed by atoms with E-state index in [2.05, 4.69) is 167 Å². The van der Waals surface area contributed by atoms with Gasteiger partial charge in [0.05, 0.1) is 22.1 Å². The van der Waals surface area contributed by atoms with E-state index in [1.165, 1.54) is 32.9 Å². The van der Waals surface area contributed by atoms with E-state index in [1.807, 2.05) is 12.1 Å². The lowest BCUT2D eigenvalue weighted by Crippen LogP contribution is -2.09. The van der Waals surface area contributed by atoms with Gasteiger partial charge in [-0.25, -0.2) is 0 Å². The molecule has 3 nitrogen and oxygen atoms in total. The fraction of sp³-hybridized carbons (Fsp3) is 0. The summed E-state index contributed by atoms with van der Waals surface area (Å²) in [4.78, 5) is 2.31. The summed E-state index contributed by atoms with van der Waals surface area (Å²) in [6.07, 6.45) is 0. The number of nitrogens with zero attached hydrogens (tertiary/aromatic N) is 2. The van der Waals surface area contributed by atoms with Gasteiger partial charge in [0, 0.05) is 33.2 Å². The first-order chi connectivity index (χ1) is 22.3. The molecule has 0 aliphatic rings. The van der Waals surface area contributed by atoms with Crippen molar-refractivity contribution in [3.05, 3.63) is 170 Å². The van der Waals surface area contributed by atoms with Crippen LogP contribution in [0, 0.1) is 0 Å². The second kappa shape index (κ2) is 10.3. The van der Waals surface area contributed by atoms with Crippen molar-refractivity contribution in [2.24, 2.45) is 0 Å². The molecule has 0 N–H and O–H groups in total. The summed E-state index contributed by atoms with van der Waals surface area (Å²) >= 11 is 0. The summed E-state index contributed by atoms with van der Waals surface area (Å²) in [6, 6.07) is 60.2. The Morgan fingerprint density at radius 1 is 0.400 bits per heavy atom. The average molecular weight is 577 g/mol. The van der Waals surface area contributed by atoms with Crippen LogP contribution in [0.25, 0.3) is 60.6 Å². The van der Waals surface area contributed by atoms with Crippen molar-refractivity contribution in [3.63, 3.8) is 0 Å². The predicted molar refractivity (Wildman–Crippen MR) is 188 cm³/mol. The highest BCUT2D eigenvalue weighted by Crippen LogP contribution is 2.41. The molecule has 0 atom stereocenters. The van der Waals surface area contributed by atoms with Crippen molar-refractivity contribution >= 4 is 60.8 Å². The van der Waals surface area contributed by atoms with Crippen LogP contribution < -0.4 is 4.90 Å². The minimum atomic E-state index is 0.898. The molecule has 212 valence electrons. The summed E-state index contributed by atoms with van der Waals surface area (Å²) in [5.41, 5.74) is 11.0. The molecule has 9 aromatic rings. The molecule has 0 saturated carbocycles. The SMILES string of the molecule is c1ccc(N(c2ccccc2)c2cccc(-c3ccc4c(c3)c3ccccc3n4-c3cccc4oc5ccccc5c34)c2)cc1. The van der Waals surface area contributed by atoms with Crippen molar-refractivity contribution in [2.45, 2.75) is 0 Å². The third kappa shape index (κ3) is 4.13. The van der Waals surface area contributed by atoms with Gasteiger partial charge in [-0.1, -0.05) is 97.1 Å². The van der Waals surface area contributed by atoms with Crippen LogP contribution in [-0.2, 0) is 0 Å². The van der Waals surface area contributed by atoms with E-state index in [1.54, 1.807) is 0 Å². The molecule has 0 radical (unpaired) electrons. The van der Waals surface area contributed by atoms with Gasteiger partial charge in [0.2, 0.25) is 0 Å². The number of furan rings is 1. The van der Waals surface area contributed by atoms with Crippen LogP contribution in [0.2, 0.25) is 0 Å². The molecule has 0 bridgehead atoms. The quantitative estimate of drug-likeness (QED) is 0.203. The van der Waals surface area contributed by atoms with Gasteiger partial charge in [0.25, 0.3) is 0 Å². The van der Waals surface area contributed by atoms with E-state index in [-0.39, 0.29) is 0 Å². The molecule has 2 heterocycles. The van der Waals surface area contributed by atoms with Crippen molar-refractivity contribution < 1.29 is 4.42 Å². The summed E-state index contributed by atoms with van der Waals surface area (Å²) in [5.74, 6) is 0. The van der Waals surface area contributed by atoms with E-state index in [4.69, 9.17) is 4.42 Å². The highest BCUT2D eigenvalue weighted by molar-refractivity contribution is 6.14. The number of rotatable bonds is 5. The molecular formula is C42H28N2O. The topological polar surface area (TPSA) is 21.3 Å². The van der Waals surface area contributed by atoms with E-state index in [0.29, 0.717) is 0 Å². The number of hydrogen-bond donors (Lipinski definition) is 0. The lowest BCUT2D eigenvalue weighted by molar-refractivity contribution is 0.669.